The molecule has 246 valence electrons. The number of fused-ring (bicyclic) bond motifs is 10. The highest BCUT2D eigenvalue weighted by Crippen LogP contribution is 2.49. The lowest BCUT2D eigenvalue weighted by atomic mass is 9.34. The molecule has 4 aliphatic heterocycles. The second-order valence-electron chi connectivity index (χ2n) is 15.0. The van der Waals surface area contributed by atoms with Crippen molar-refractivity contribution < 1.29 is 26.3 Å². The molecular formula is C44H22B2F6. The van der Waals surface area contributed by atoms with Crippen LogP contribution in [0.4, 0.5) is 26.3 Å². The lowest BCUT2D eigenvalue weighted by molar-refractivity contribution is -0.138. The van der Waals surface area contributed by atoms with Crippen LogP contribution in [0.1, 0.15) is 22.3 Å². The van der Waals surface area contributed by atoms with E-state index < -0.39 is 23.5 Å². The van der Waals surface area contributed by atoms with Crippen LogP contribution >= 0.6 is 0 Å². The van der Waals surface area contributed by atoms with Crippen molar-refractivity contribution in [3.8, 4) is 44.5 Å². The Morgan fingerprint density at radius 3 is 1.13 bits per heavy atom. The predicted molar refractivity (Wildman–Crippen MR) is 201 cm³/mol. The molecule has 0 aliphatic carbocycles. The number of rotatable bonds is 0. The van der Waals surface area contributed by atoms with Gasteiger partial charge in [0, 0.05) is 0 Å². The van der Waals surface area contributed by atoms with E-state index in [0.717, 1.165) is 98.5 Å². The van der Waals surface area contributed by atoms with E-state index >= 15 is 0 Å². The highest BCUT2D eigenvalue weighted by molar-refractivity contribution is 7.03. The topological polar surface area (TPSA) is 0 Å². The third-order valence-electron chi connectivity index (χ3n) is 12.5. The molecule has 12 rings (SSSR count). The van der Waals surface area contributed by atoms with Gasteiger partial charge >= 0.3 is 12.4 Å². The van der Waals surface area contributed by atoms with Crippen molar-refractivity contribution in [1.29, 1.82) is 0 Å². The highest BCUT2D eigenvalue weighted by atomic mass is 19.4. The normalized spacial score (nSPS) is 14.5. The average molecular weight is 686 g/mol. The first kappa shape index (κ1) is 29.1. The zero-order valence-corrected chi connectivity index (χ0v) is 27.7. The second-order valence-corrected chi connectivity index (χ2v) is 15.0. The fourth-order valence-corrected chi connectivity index (χ4v) is 10.6. The lowest BCUT2D eigenvalue weighted by Gasteiger charge is -2.32. The van der Waals surface area contributed by atoms with Gasteiger partial charge in [0.05, 0.1) is 11.1 Å². The molecule has 8 heteroatoms. The van der Waals surface area contributed by atoms with Crippen LogP contribution in [0.25, 0.3) is 76.8 Å². The second kappa shape index (κ2) is 8.92. The van der Waals surface area contributed by atoms with E-state index in [-0.39, 0.29) is 13.4 Å². The summed E-state index contributed by atoms with van der Waals surface area (Å²) in [7, 11) is 0. The monoisotopic (exact) mass is 686 g/mol. The number of alkyl halides is 6. The molecule has 4 aliphatic rings. The minimum absolute atomic E-state index is 0.254. The van der Waals surface area contributed by atoms with E-state index in [9.17, 15) is 26.3 Å². The number of benzene rings is 8. The molecule has 0 N–H and O–H groups in total. The first-order valence-corrected chi connectivity index (χ1v) is 17.4. The quantitative estimate of drug-likeness (QED) is 0.0858. The van der Waals surface area contributed by atoms with Crippen LogP contribution in [0.2, 0.25) is 0 Å². The van der Waals surface area contributed by atoms with Gasteiger partial charge in [-0.1, -0.05) is 106 Å². The molecule has 0 unspecified atom stereocenters. The van der Waals surface area contributed by atoms with Crippen LogP contribution in [0.3, 0.4) is 0 Å². The van der Waals surface area contributed by atoms with Crippen LogP contribution < -0.4 is 32.8 Å². The van der Waals surface area contributed by atoms with Crippen molar-refractivity contribution in [3.05, 3.63) is 119 Å². The maximum Gasteiger partial charge on any atom is 0.416 e. The zero-order valence-electron chi connectivity index (χ0n) is 27.7. The zero-order chi connectivity index (χ0) is 35.3. The Hall–Kier alpha value is -5.49. The summed E-state index contributed by atoms with van der Waals surface area (Å²) in [6.45, 7) is 3.54. The summed E-state index contributed by atoms with van der Waals surface area (Å²) in [5.41, 5.74) is 12.1. The first-order chi connectivity index (χ1) is 24.9. The van der Waals surface area contributed by atoms with Gasteiger partial charge in [0.1, 0.15) is 0 Å². The molecule has 4 heterocycles. The fourth-order valence-electron chi connectivity index (χ4n) is 10.6. The number of aryl methyl sites for hydroxylation is 2. The van der Waals surface area contributed by atoms with E-state index in [2.05, 4.69) is 24.3 Å². The van der Waals surface area contributed by atoms with Gasteiger partial charge in [-0.2, -0.15) is 26.3 Å². The summed E-state index contributed by atoms with van der Waals surface area (Å²) in [6, 6.07) is 29.4. The molecule has 0 spiro atoms. The van der Waals surface area contributed by atoms with Gasteiger partial charge in [0.15, 0.2) is 0 Å². The van der Waals surface area contributed by atoms with Crippen molar-refractivity contribution in [1.82, 2.24) is 0 Å². The third-order valence-corrected chi connectivity index (χ3v) is 12.5. The number of hydrogen-bond acceptors (Lipinski definition) is 0. The molecule has 0 amide bonds. The van der Waals surface area contributed by atoms with Crippen molar-refractivity contribution in [2.75, 3.05) is 0 Å². The molecule has 0 nitrogen and oxygen atoms in total. The Balaban J connectivity index is 1.29. The summed E-state index contributed by atoms with van der Waals surface area (Å²) in [4.78, 5) is 0. The molecule has 0 bridgehead atoms. The van der Waals surface area contributed by atoms with Crippen LogP contribution in [0.15, 0.2) is 97.1 Å². The summed E-state index contributed by atoms with van der Waals surface area (Å²) in [5.74, 6) is 0. The van der Waals surface area contributed by atoms with Crippen LogP contribution in [-0.2, 0) is 12.4 Å². The Labute approximate surface area is 294 Å². The van der Waals surface area contributed by atoms with E-state index in [1.54, 1.807) is 0 Å². The molecule has 52 heavy (non-hydrogen) atoms. The lowest BCUT2D eigenvalue weighted by Crippen LogP contribution is -2.53. The van der Waals surface area contributed by atoms with Crippen LogP contribution in [0, 0.1) is 13.8 Å². The van der Waals surface area contributed by atoms with Crippen molar-refractivity contribution in [2.45, 2.75) is 26.2 Å². The van der Waals surface area contributed by atoms with Crippen molar-refractivity contribution in [3.63, 3.8) is 0 Å². The third kappa shape index (κ3) is 3.27. The summed E-state index contributed by atoms with van der Waals surface area (Å²) in [6.07, 6.45) is -9.07. The average Bonchev–Trinajstić information content (AvgIpc) is 3.63. The van der Waals surface area contributed by atoms with Gasteiger partial charge < -0.3 is 0 Å². The molecule has 0 saturated carbocycles. The summed E-state index contributed by atoms with van der Waals surface area (Å²) >= 11 is 0. The smallest absolute Gasteiger partial charge is 0.166 e. The minimum Gasteiger partial charge on any atom is -0.166 e. The molecule has 0 aromatic heterocycles. The largest absolute Gasteiger partial charge is 0.416 e. The Morgan fingerprint density at radius 2 is 0.750 bits per heavy atom. The Bertz CT molecular complexity index is 2820. The fraction of sp³-hybridized carbons (Fsp3) is 0.0909. The molecule has 0 fully saturated rings. The van der Waals surface area contributed by atoms with Crippen molar-refractivity contribution in [2.24, 2.45) is 0 Å². The molecule has 0 saturated heterocycles. The van der Waals surface area contributed by atoms with Gasteiger partial charge in [-0.3, -0.25) is 0 Å². The molecule has 0 atom stereocenters. The van der Waals surface area contributed by atoms with Crippen LogP contribution in [-0.4, -0.2) is 13.4 Å². The summed E-state index contributed by atoms with van der Waals surface area (Å²) in [5, 5.41) is 5.85. The van der Waals surface area contributed by atoms with Gasteiger partial charge in [0.25, 0.3) is 0 Å². The maximum atomic E-state index is 14.6. The van der Waals surface area contributed by atoms with Gasteiger partial charge in [-0.25, -0.2) is 0 Å². The maximum absolute atomic E-state index is 14.6. The summed E-state index contributed by atoms with van der Waals surface area (Å²) < 4.78 is 87.4. The number of hydrogen-bond donors (Lipinski definition) is 0. The predicted octanol–water partition coefficient (Wildman–Crippen LogP) is 8.19. The minimum atomic E-state index is -4.53. The van der Waals surface area contributed by atoms with Crippen LogP contribution in [0.5, 0.6) is 0 Å². The van der Waals surface area contributed by atoms with Gasteiger partial charge in [-0.15, -0.1) is 0 Å². The Kier molecular flexibility index (Phi) is 5.00. The van der Waals surface area contributed by atoms with Gasteiger partial charge in [0.2, 0.25) is 13.4 Å². The van der Waals surface area contributed by atoms with Crippen molar-refractivity contribution >= 4 is 78.5 Å². The molecule has 8 aromatic carbocycles. The van der Waals surface area contributed by atoms with E-state index in [0.29, 0.717) is 22.3 Å². The standard InChI is InChI=1S/C44H22B2F6/c1-19-11-27-31-15-21(43(47,48)49)13-29-23-7-4-6-10-34(23)46(41(29)31)36-18-26-20(2)12-28-32-16-22(44(50,51)52)14-30-24-8-3-5-9-33(24)45(42(30)32)35-17-25(19)39(37(27)36)40(26)38(28)35/h3-18H,1-2H3. The highest BCUT2D eigenvalue weighted by Gasteiger charge is 2.46. The molecule has 0 radical (unpaired) electrons. The number of halogens is 6. The van der Waals surface area contributed by atoms with E-state index in [1.807, 2.05) is 62.4 Å². The molecular weight excluding hydrogens is 664 g/mol. The first-order valence-electron chi connectivity index (χ1n) is 17.4. The molecule has 8 aromatic rings. The van der Waals surface area contributed by atoms with E-state index in [4.69, 9.17) is 0 Å². The van der Waals surface area contributed by atoms with Gasteiger partial charge in [-0.05, 0) is 126 Å². The Morgan fingerprint density at radius 1 is 0.385 bits per heavy atom. The SMILES string of the molecule is Cc1cc2c3c(cc4c(C)cc5c6c(cc1c3c46)B1c3ccccc3-c3cc(C(F)(F)F)cc-5c31)B1c3ccccc3-c3cc(C(F)(F)F)cc-2c31. The van der Waals surface area contributed by atoms with E-state index in [1.165, 1.54) is 24.3 Å².